The van der Waals surface area contributed by atoms with Crippen LogP contribution in [0.3, 0.4) is 0 Å². The molecule has 0 radical (unpaired) electrons. The van der Waals surface area contributed by atoms with Crippen molar-refractivity contribution in [3.05, 3.63) is 132 Å². The molecule has 0 aliphatic rings. The van der Waals surface area contributed by atoms with Gasteiger partial charge in [-0.2, -0.15) is 5.10 Å². The summed E-state index contributed by atoms with van der Waals surface area (Å²) < 4.78 is 26.3. The van der Waals surface area contributed by atoms with E-state index >= 15 is 0 Å². The van der Waals surface area contributed by atoms with E-state index in [0.717, 1.165) is 22.6 Å². The van der Waals surface area contributed by atoms with Crippen molar-refractivity contribution >= 4 is 49.7 Å². The molecule has 1 N–H and O–H groups in total. The van der Waals surface area contributed by atoms with Gasteiger partial charge in [-0.05, 0) is 118 Å². The van der Waals surface area contributed by atoms with Crippen molar-refractivity contribution in [1.29, 1.82) is 0 Å². The van der Waals surface area contributed by atoms with E-state index in [1.807, 2.05) is 24.3 Å². The molecule has 5 rings (SSSR count). The summed E-state index contributed by atoms with van der Waals surface area (Å²) in [6.07, 6.45) is 1.45. The Kier molecular flexibility index (Phi) is 10.2. The highest BCUT2D eigenvalue weighted by atomic mass is 79.9. The van der Waals surface area contributed by atoms with E-state index in [9.17, 15) is 14.9 Å². The average molecular weight is 752 g/mol. The van der Waals surface area contributed by atoms with Gasteiger partial charge in [-0.15, -0.1) is 0 Å². The lowest BCUT2D eigenvalue weighted by Crippen LogP contribution is -2.16. The first kappa shape index (κ1) is 32.5. The number of amides is 1. The third-order valence-corrected chi connectivity index (χ3v) is 9.05. The number of non-ortho nitro benzene ring substituents is 1. The third-order valence-electron chi connectivity index (χ3n) is 6.91. The van der Waals surface area contributed by atoms with Gasteiger partial charge in [-0.1, -0.05) is 0 Å². The molecule has 13 heteroatoms. The van der Waals surface area contributed by atoms with E-state index < -0.39 is 10.8 Å². The lowest BCUT2D eigenvalue weighted by atomic mass is 10.2. The fourth-order valence-corrected chi connectivity index (χ4v) is 5.50. The molecule has 0 aliphatic carbocycles. The predicted molar refractivity (Wildman–Crippen MR) is 179 cm³/mol. The van der Waals surface area contributed by atoms with Gasteiger partial charge in [0.15, 0.2) is 17.3 Å². The Labute approximate surface area is 281 Å². The number of aryl methyl sites for hydroxylation is 2. The number of nitro benzene ring substituents is 1. The molecule has 0 unspecified atom stereocenters. The van der Waals surface area contributed by atoms with Crippen molar-refractivity contribution in [2.45, 2.75) is 27.1 Å². The molecule has 1 amide bonds. The standard InChI is InChI=1S/C33H28Br2N4O7/c1-20-4-5-21(2)38(20)24-10-12-26(13-11-24)44-19-27-14-15-28(46-27)33(40)37-36-17-23-16-29(43-3)32(31(35)30(23)34)45-18-22-6-8-25(9-7-22)39(41)42/h4-17H,18-19H2,1-3H3,(H,37,40)/b36-17+. The zero-order chi connectivity index (χ0) is 32.8. The van der Waals surface area contributed by atoms with E-state index in [2.05, 4.69) is 72.9 Å². The summed E-state index contributed by atoms with van der Waals surface area (Å²) in [7, 11) is 1.50. The Morgan fingerprint density at radius 2 is 1.65 bits per heavy atom. The lowest BCUT2D eigenvalue weighted by molar-refractivity contribution is -0.384. The minimum absolute atomic E-state index is 0.00141. The van der Waals surface area contributed by atoms with Gasteiger partial charge in [0.05, 0.1) is 22.7 Å². The zero-order valence-electron chi connectivity index (χ0n) is 25.0. The fraction of sp³-hybridized carbons (Fsp3) is 0.152. The Bertz CT molecular complexity index is 1880. The molecule has 0 bridgehead atoms. The van der Waals surface area contributed by atoms with Crippen LogP contribution in [0, 0.1) is 24.0 Å². The summed E-state index contributed by atoms with van der Waals surface area (Å²) in [5, 5.41) is 15.0. The number of nitro groups is 1. The van der Waals surface area contributed by atoms with Crippen LogP contribution in [-0.4, -0.2) is 28.7 Å². The molecule has 46 heavy (non-hydrogen) atoms. The Balaban J connectivity index is 1.17. The smallest absolute Gasteiger partial charge is 0.307 e. The highest BCUT2D eigenvalue weighted by molar-refractivity contribution is 9.13. The number of hydrogen-bond acceptors (Lipinski definition) is 8. The quantitative estimate of drug-likeness (QED) is 0.0776. The van der Waals surface area contributed by atoms with Crippen molar-refractivity contribution in [1.82, 2.24) is 9.99 Å². The number of methoxy groups -OCH3 is 1. The number of furan rings is 1. The minimum Gasteiger partial charge on any atom is -0.493 e. The number of nitrogens with zero attached hydrogens (tertiary/aromatic N) is 3. The van der Waals surface area contributed by atoms with E-state index in [-0.39, 0.29) is 24.7 Å². The van der Waals surface area contributed by atoms with E-state index in [4.69, 9.17) is 18.6 Å². The van der Waals surface area contributed by atoms with Gasteiger partial charge in [0.2, 0.25) is 0 Å². The number of halogens is 2. The van der Waals surface area contributed by atoms with Crippen LogP contribution in [0.5, 0.6) is 17.2 Å². The number of carbonyl (C=O) groups is 1. The fourth-order valence-electron chi connectivity index (χ4n) is 4.57. The number of benzene rings is 3. The number of nitrogens with one attached hydrogen (secondary N) is 1. The summed E-state index contributed by atoms with van der Waals surface area (Å²) in [6.45, 7) is 4.42. The van der Waals surface area contributed by atoms with Gasteiger partial charge in [0, 0.05) is 39.2 Å². The second-order valence-corrected chi connectivity index (χ2v) is 11.6. The molecule has 5 aromatic rings. The van der Waals surface area contributed by atoms with Gasteiger partial charge in [-0.3, -0.25) is 14.9 Å². The van der Waals surface area contributed by atoms with E-state index in [1.165, 1.54) is 25.5 Å². The van der Waals surface area contributed by atoms with Crippen molar-refractivity contribution in [2.75, 3.05) is 7.11 Å². The van der Waals surface area contributed by atoms with Crippen molar-refractivity contribution in [2.24, 2.45) is 5.10 Å². The van der Waals surface area contributed by atoms with Crippen molar-refractivity contribution in [3.8, 4) is 22.9 Å². The first-order chi connectivity index (χ1) is 22.1. The second-order valence-electron chi connectivity index (χ2n) is 10.0. The Hall–Kier alpha value is -4.88. The van der Waals surface area contributed by atoms with Crippen LogP contribution in [0.1, 0.15) is 38.8 Å². The van der Waals surface area contributed by atoms with Crippen LogP contribution < -0.4 is 19.6 Å². The van der Waals surface area contributed by atoms with Crippen molar-refractivity contribution < 1.29 is 28.3 Å². The summed E-state index contributed by atoms with van der Waals surface area (Å²) in [5.41, 5.74) is 7.14. The van der Waals surface area contributed by atoms with Gasteiger partial charge in [0.1, 0.15) is 24.7 Å². The molecule has 0 spiro atoms. The zero-order valence-corrected chi connectivity index (χ0v) is 28.1. The third kappa shape index (κ3) is 7.49. The summed E-state index contributed by atoms with van der Waals surface area (Å²) in [4.78, 5) is 23.1. The summed E-state index contributed by atoms with van der Waals surface area (Å²) in [5.74, 6) is 1.53. The molecule has 2 heterocycles. The molecule has 11 nitrogen and oxygen atoms in total. The van der Waals surface area contributed by atoms with Crippen LogP contribution in [0.15, 0.2) is 97.3 Å². The van der Waals surface area contributed by atoms with E-state index in [1.54, 1.807) is 30.3 Å². The highest BCUT2D eigenvalue weighted by Gasteiger charge is 2.18. The topological polar surface area (TPSA) is 130 Å². The van der Waals surface area contributed by atoms with Crippen molar-refractivity contribution in [3.63, 3.8) is 0 Å². The van der Waals surface area contributed by atoms with Gasteiger partial charge >= 0.3 is 5.91 Å². The van der Waals surface area contributed by atoms with Gasteiger partial charge in [-0.25, -0.2) is 5.43 Å². The van der Waals surface area contributed by atoms with Gasteiger partial charge < -0.3 is 23.2 Å². The van der Waals surface area contributed by atoms with Gasteiger partial charge in [0.25, 0.3) is 5.69 Å². The number of hydrogen-bond donors (Lipinski definition) is 1. The molecule has 0 aliphatic heterocycles. The first-order valence-electron chi connectivity index (χ1n) is 13.9. The maximum atomic E-state index is 12.7. The molecule has 0 saturated carbocycles. The Morgan fingerprint density at radius 1 is 0.957 bits per heavy atom. The van der Waals surface area contributed by atoms with Crippen LogP contribution in [-0.2, 0) is 13.2 Å². The largest absolute Gasteiger partial charge is 0.493 e. The predicted octanol–water partition coefficient (Wildman–Crippen LogP) is 8.05. The Morgan fingerprint density at radius 3 is 2.30 bits per heavy atom. The second kappa shape index (κ2) is 14.5. The van der Waals surface area contributed by atoms with Crippen LogP contribution in [0.25, 0.3) is 5.69 Å². The number of rotatable bonds is 12. The lowest BCUT2D eigenvalue weighted by Gasteiger charge is -2.15. The van der Waals surface area contributed by atoms with Crippen LogP contribution >= 0.6 is 31.9 Å². The number of carbonyl (C=O) groups excluding carboxylic acids is 1. The monoisotopic (exact) mass is 750 g/mol. The molecule has 236 valence electrons. The highest BCUT2D eigenvalue weighted by Crippen LogP contribution is 2.42. The van der Waals surface area contributed by atoms with E-state index in [0.29, 0.717) is 37.5 Å². The average Bonchev–Trinajstić information content (AvgIpc) is 3.67. The maximum absolute atomic E-state index is 12.7. The first-order valence-corrected chi connectivity index (χ1v) is 15.5. The number of aromatic nitrogens is 1. The molecule has 0 fully saturated rings. The minimum atomic E-state index is -0.533. The summed E-state index contributed by atoms with van der Waals surface area (Å²) in [6, 6.07) is 22.9. The number of ether oxygens (including phenoxy) is 3. The molecule has 0 atom stereocenters. The molecular weight excluding hydrogens is 724 g/mol. The molecule has 2 aromatic heterocycles. The molecular formula is C33H28Br2N4O7. The summed E-state index contributed by atoms with van der Waals surface area (Å²) >= 11 is 7.04. The molecule has 0 saturated heterocycles. The van der Waals surface area contributed by atoms with Crippen LogP contribution in [0.4, 0.5) is 5.69 Å². The normalized spacial score (nSPS) is 11.1. The maximum Gasteiger partial charge on any atom is 0.307 e. The van der Waals surface area contributed by atoms with Crippen LogP contribution in [0.2, 0.25) is 0 Å². The molecule has 3 aromatic carbocycles. The number of hydrazone groups is 1. The SMILES string of the molecule is COc1cc(/C=N/NC(=O)c2ccc(COc3ccc(-n4c(C)ccc4C)cc3)o2)c(Br)c(Br)c1OCc1ccc([N+](=O)[O-])cc1.